The highest BCUT2D eigenvalue weighted by Crippen LogP contribution is 2.19. The van der Waals surface area contributed by atoms with Crippen LogP contribution in [0.2, 0.25) is 0 Å². The molecule has 4 nitrogen and oxygen atoms in total. The molecule has 2 N–H and O–H groups in total. The van der Waals surface area contributed by atoms with Crippen LogP contribution in [0.15, 0.2) is 23.1 Å². The number of benzene rings is 1. The molecule has 0 aromatic heterocycles. The average Bonchev–Trinajstić information content (AvgIpc) is 2.35. The number of hydrogen-bond acceptors (Lipinski definition) is 3. The number of amides is 1. The second-order valence-corrected chi connectivity index (χ2v) is 5.01. The fourth-order valence-corrected chi connectivity index (χ4v) is 1.84. The van der Waals surface area contributed by atoms with Gasteiger partial charge in [0, 0.05) is 17.0 Å². The van der Waals surface area contributed by atoms with Gasteiger partial charge in [-0.2, -0.15) is 0 Å². The first-order valence-electron chi connectivity index (χ1n) is 5.61. The van der Waals surface area contributed by atoms with E-state index in [2.05, 4.69) is 5.32 Å². The van der Waals surface area contributed by atoms with Crippen LogP contribution < -0.4 is 5.32 Å². The number of carbonyl (C=O) groups is 2. The number of aliphatic carboxylic acids is 1. The van der Waals surface area contributed by atoms with Gasteiger partial charge in [-0.1, -0.05) is 13.0 Å². The number of aryl methyl sites for hydroxylation is 1. The smallest absolute Gasteiger partial charge is 0.308 e. The zero-order chi connectivity index (χ0) is 13.7. The second-order valence-electron chi connectivity index (χ2n) is 4.13. The van der Waals surface area contributed by atoms with Crippen molar-refractivity contribution in [3.8, 4) is 0 Å². The van der Waals surface area contributed by atoms with E-state index in [1.807, 2.05) is 31.4 Å². The number of rotatable bonds is 5. The van der Waals surface area contributed by atoms with Gasteiger partial charge in [0.2, 0.25) is 0 Å². The van der Waals surface area contributed by atoms with Crippen molar-refractivity contribution in [2.75, 3.05) is 12.8 Å². The Bertz CT molecular complexity index is 460. The minimum Gasteiger partial charge on any atom is -0.481 e. The van der Waals surface area contributed by atoms with Gasteiger partial charge in [-0.05, 0) is 30.9 Å². The predicted octanol–water partition coefficient (Wildman–Crippen LogP) is 2.17. The molecule has 0 aliphatic heterocycles. The van der Waals surface area contributed by atoms with E-state index in [1.54, 1.807) is 18.7 Å². The van der Waals surface area contributed by atoms with Gasteiger partial charge in [0.05, 0.1) is 5.92 Å². The Morgan fingerprint density at radius 3 is 2.67 bits per heavy atom. The van der Waals surface area contributed by atoms with Gasteiger partial charge in [-0.25, -0.2) is 0 Å². The maximum absolute atomic E-state index is 11.9. The first-order valence-corrected chi connectivity index (χ1v) is 6.83. The average molecular weight is 267 g/mol. The molecule has 0 aliphatic rings. The lowest BCUT2D eigenvalue weighted by Gasteiger charge is -2.11. The van der Waals surface area contributed by atoms with Crippen LogP contribution in [0.3, 0.4) is 0 Å². The molecule has 1 aromatic carbocycles. The summed E-state index contributed by atoms with van der Waals surface area (Å²) in [6.45, 7) is 3.56. The lowest BCUT2D eigenvalue weighted by atomic mass is 10.1. The molecule has 1 amide bonds. The molecule has 1 rings (SSSR count). The normalized spacial score (nSPS) is 11.9. The van der Waals surface area contributed by atoms with Gasteiger partial charge in [0.1, 0.15) is 0 Å². The topological polar surface area (TPSA) is 66.4 Å². The van der Waals surface area contributed by atoms with E-state index in [0.717, 1.165) is 10.5 Å². The Hall–Kier alpha value is -1.49. The molecule has 0 heterocycles. The van der Waals surface area contributed by atoms with Crippen LogP contribution >= 0.6 is 11.8 Å². The van der Waals surface area contributed by atoms with Crippen LogP contribution in [0.4, 0.5) is 0 Å². The molecule has 0 saturated carbocycles. The minimum atomic E-state index is -0.912. The molecule has 0 fully saturated rings. The summed E-state index contributed by atoms with van der Waals surface area (Å²) in [6.07, 6.45) is 1.94. The number of thioether (sulfide) groups is 1. The van der Waals surface area contributed by atoms with Crippen LogP contribution in [0, 0.1) is 12.8 Å². The maximum Gasteiger partial charge on any atom is 0.308 e. The quantitative estimate of drug-likeness (QED) is 0.802. The van der Waals surface area contributed by atoms with Gasteiger partial charge in [0.25, 0.3) is 5.91 Å². The number of carboxylic acids is 1. The van der Waals surface area contributed by atoms with E-state index in [1.165, 1.54) is 0 Å². The number of carbonyl (C=O) groups excluding carboxylic acids is 1. The number of hydrogen-bond donors (Lipinski definition) is 2. The number of nitrogens with one attached hydrogen (secondary N) is 1. The van der Waals surface area contributed by atoms with Crippen molar-refractivity contribution in [3.63, 3.8) is 0 Å². The van der Waals surface area contributed by atoms with E-state index in [-0.39, 0.29) is 12.5 Å². The SMILES string of the molecule is CSc1ccc(C)c(C(=O)NCC(C)C(=O)O)c1. The van der Waals surface area contributed by atoms with Crippen LogP contribution in [0.25, 0.3) is 0 Å². The van der Waals surface area contributed by atoms with Crippen molar-refractivity contribution in [1.29, 1.82) is 0 Å². The molecule has 1 atom stereocenters. The summed E-state index contributed by atoms with van der Waals surface area (Å²) in [7, 11) is 0. The van der Waals surface area contributed by atoms with E-state index in [0.29, 0.717) is 5.56 Å². The zero-order valence-electron chi connectivity index (χ0n) is 10.7. The minimum absolute atomic E-state index is 0.136. The van der Waals surface area contributed by atoms with Crippen molar-refractivity contribution in [3.05, 3.63) is 29.3 Å². The van der Waals surface area contributed by atoms with Crippen molar-refractivity contribution >= 4 is 23.6 Å². The highest BCUT2D eigenvalue weighted by molar-refractivity contribution is 7.98. The molecule has 5 heteroatoms. The highest BCUT2D eigenvalue weighted by atomic mass is 32.2. The largest absolute Gasteiger partial charge is 0.481 e. The summed E-state index contributed by atoms with van der Waals surface area (Å²) in [4.78, 5) is 23.6. The fourth-order valence-electron chi connectivity index (χ4n) is 1.40. The molecule has 0 spiro atoms. The highest BCUT2D eigenvalue weighted by Gasteiger charge is 2.14. The Morgan fingerprint density at radius 2 is 2.11 bits per heavy atom. The Morgan fingerprint density at radius 1 is 1.44 bits per heavy atom. The molecule has 1 aromatic rings. The van der Waals surface area contributed by atoms with Crippen LogP contribution in [-0.4, -0.2) is 29.8 Å². The van der Waals surface area contributed by atoms with Crippen molar-refractivity contribution in [1.82, 2.24) is 5.32 Å². The molecule has 0 radical (unpaired) electrons. The first-order chi connectivity index (χ1) is 8.45. The molecule has 1 unspecified atom stereocenters. The third-order valence-corrected chi connectivity index (χ3v) is 3.41. The van der Waals surface area contributed by atoms with Crippen molar-refractivity contribution < 1.29 is 14.7 Å². The summed E-state index contributed by atoms with van der Waals surface area (Å²) in [6, 6.07) is 5.67. The second kappa shape index (κ2) is 6.44. The molecule has 98 valence electrons. The van der Waals surface area contributed by atoms with E-state index in [9.17, 15) is 9.59 Å². The molecule has 0 bridgehead atoms. The van der Waals surface area contributed by atoms with E-state index >= 15 is 0 Å². The molecular weight excluding hydrogens is 250 g/mol. The summed E-state index contributed by atoms with van der Waals surface area (Å²) in [5.41, 5.74) is 1.48. The maximum atomic E-state index is 11.9. The van der Waals surface area contributed by atoms with Crippen molar-refractivity contribution in [2.24, 2.45) is 5.92 Å². The first kappa shape index (κ1) is 14.6. The van der Waals surface area contributed by atoms with E-state index in [4.69, 9.17) is 5.11 Å². The third-order valence-electron chi connectivity index (χ3n) is 2.68. The van der Waals surface area contributed by atoms with Gasteiger partial charge in [-0.15, -0.1) is 11.8 Å². The Balaban J connectivity index is 2.75. The molecular formula is C13H17NO3S. The standard InChI is InChI=1S/C13H17NO3S/c1-8-4-5-10(18-3)6-11(8)12(15)14-7-9(2)13(16)17/h4-6,9H,7H2,1-3H3,(H,14,15)(H,16,17). The monoisotopic (exact) mass is 267 g/mol. The fraction of sp³-hybridized carbons (Fsp3) is 0.385. The van der Waals surface area contributed by atoms with Crippen LogP contribution in [-0.2, 0) is 4.79 Å². The van der Waals surface area contributed by atoms with Crippen molar-refractivity contribution in [2.45, 2.75) is 18.7 Å². The predicted molar refractivity (Wildman–Crippen MR) is 72.1 cm³/mol. The summed E-state index contributed by atoms with van der Waals surface area (Å²) in [5.74, 6) is -1.72. The Labute approximate surface area is 111 Å². The Kier molecular flexibility index (Phi) is 5.22. The third kappa shape index (κ3) is 3.77. The van der Waals surface area contributed by atoms with Gasteiger partial charge in [0.15, 0.2) is 0 Å². The molecule has 18 heavy (non-hydrogen) atoms. The van der Waals surface area contributed by atoms with Gasteiger partial charge >= 0.3 is 5.97 Å². The molecule has 0 aliphatic carbocycles. The summed E-state index contributed by atoms with van der Waals surface area (Å²) in [5, 5.41) is 11.4. The molecule has 0 saturated heterocycles. The summed E-state index contributed by atoms with van der Waals surface area (Å²) >= 11 is 1.56. The lowest BCUT2D eigenvalue weighted by molar-refractivity contribution is -0.140. The van der Waals surface area contributed by atoms with E-state index < -0.39 is 11.9 Å². The van der Waals surface area contributed by atoms with Crippen LogP contribution in [0.1, 0.15) is 22.8 Å². The zero-order valence-corrected chi connectivity index (χ0v) is 11.5. The number of carboxylic acid groups (broad SMARTS) is 1. The van der Waals surface area contributed by atoms with Gasteiger partial charge < -0.3 is 10.4 Å². The summed E-state index contributed by atoms with van der Waals surface area (Å²) < 4.78 is 0. The van der Waals surface area contributed by atoms with Gasteiger partial charge in [-0.3, -0.25) is 9.59 Å². The van der Waals surface area contributed by atoms with Crippen LogP contribution in [0.5, 0.6) is 0 Å². The lowest BCUT2D eigenvalue weighted by Crippen LogP contribution is -2.31.